The Morgan fingerprint density at radius 1 is 1.32 bits per heavy atom. The first-order valence-electron chi connectivity index (χ1n) is 10.1. The van der Waals surface area contributed by atoms with Crippen molar-refractivity contribution in [3.05, 3.63) is 16.7 Å². The molecular formula is C19H28N6O6. The van der Waals surface area contributed by atoms with E-state index in [4.69, 9.17) is 25.7 Å². The molecule has 0 aliphatic carbocycles. The summed E-state index contributed by atoms with van der Waals surface area (Å²) in [5.74, 6) is -1.46. The highest BCUT2D eigenvalue weighted by Gasteiger charge is 2.41. The Hall–Kier alpha value is -2.99. The van der Waals surface area contributed by atoms with E-state index in [0.29, 0.717) is 0 Å². The molecule has 0 radical (unpaired) electrons. The Balaban J connectivity index is 1.84. The zero-order valence-corrected chi connectivity index (χ0v) is 17.9. The number of hydrogen-bond acceptors (Lipinski definition) is 10. The number of rotatable bonds is 7. The Morgan fingerprint density at radius 3 is 2.68 bits per heavy atom. The van der Waals surface area contributed by atoms with Crippen LogP contribution >= 0.6 is 0 Å². The van der Waals surface area contributed by atoms with Gasteiger partial charge >= 0.3 is 11.9 Å². The fourth-order valence-electron chi connectivity index (χ4n) is 3.13. The number of ether oxygens (including phenoxy) is 3. The number of hydrogen-bond donors (Lipinski definition) is 3. The number of carbonyl (C=O) groups is 2. The van der Waals surface area contributed by atoms with E-state index >= 15 is 0 Å². The van der Waals surface area contributed by atoms with E-state index in [1.54, 1.807) is 13.8 Å². The van der Waals surface area contributed by atoms with Crippen LogP contribution < -0.4 is 17.0 Å². The predicted molar refractivity (Wildman–Crippen MR) is 110 cm³/mol. The lowest BCUT2D eigenvalue weighted by atomic mass is 10.1. The van der Waals surface area contributed by atoms with Gasteiger partial charge in [-0.25, -0.2) is 4.98 Å². The summed E-state index contributed by atoms with van der Waals surface area (Å²) in [5, 5.41) is 0. The molecule has 0 spiro atoms. The third-order valence-electron chi connectivity index (χ3n) is 5.06. The van der Waals surface area contributed by atoms with E-state index < -0.39 is 42.0 Å². The van der Waals surface area contributed by atoms with Gasteiger partial charge in [-0.15, -0.1) is 0 Å². The van der Waals surface area contributed by atoms with Crippen molar-refractivity contribution >= 4 is 29.1 Å². The molecule has 1 fully saturated rings. The molecule has 4 atom stereocenters. The molecule has 170 valence electrons. The Labute approximate surface area is 178 Å². The number of carbonyl (C=O) groups excluding carboxylic acids is 2. The van der Waals surface area contributed by atoms with Crippen LogP contribution in [0.25, 0.3) is 11.2 Å². The molecule has 0 saturated carbocycles. The van der Waals surface area contributed by atoms with Crippen LogP contribution in [0.2, 0.25) is 0 Å². The number of nitrogens with one attached hydrogen (secondary N) is 1. The number of nitrogens with two attached hydrogens (primary N) is 2. The van der Waals surface area contributed by atoms with Crippen molar-refractivity contribution in [2.24, 2.45) is 17.6 Å². The van der Waals surface area contributed by atoms with Gasteiger partial charge in [-0.1, -0.05) is 27.7 Å². The van der Waals surface area contributed by atoms with Gasteiger partial charge in [0.25, 0.3) is 5.56 Å². The van der Waals surface area contributed by atoms with Gasteiger partial charge in [0.05, 0.1) is 12.2 Å². The van der Waals surface area contributed by atoms with E-state index in [2.05, 4.69) is 15.0 Å². The maximum absolute atomic E-state index is 12.4. The molecule has 31 heavy (non-hydrogen) atoms. The molecule has 1 aliphatic rings. The normalized spacial score (nSPS) is 22.2. The van der Waals surface area contributed by atoms with Gasteiger partial charge < -0.3 is 25.7 Å². The second kappa shape index (κ2) is 9.02. The molecule has 0 aromatic carbocycles. The highest BCUT2D eigenvalue weighted by molar-refractivity contribution is 5.76. The summed E-state index contributed by atoms with van der Waals surface area (Å²) in [7, 11) is 0. The monoisotopic (exact) mass is 436 g/mol. The number of imidazole rings is 1. The lowest BCUT2D eigenvalue weighted by Crippen LogP contribution is -2.41. The smallest absolute Gasteiger partial charge is 0.323 e. The van der Waals surface area contributed by atoms with Gasteiger partial charge in [-0.05, 0) is 5.92 Å². The Morgan fingerprint density at radius 2 is 2.03 bits per heavy atom. The van der Waals surface area contributed by atoms with Crippen LogP contribution in [0.15, 0.2) is 11.1 Å². The number of nitrogens with zero attached hydrogens (tertiary/aromatic N) is 3. The largest absolute Gasteiger partial charge is 0.463 e. The molecule has 0 bridgehead atoms. The minimum Gasteiger partial charge on any atom is -0.463 e. The minimum atomic E-state index is -0.799. The lowest BCUT2D eigenvalue weighted by Gasteiger charge is -2.22. The summed E-state index contributed by atoms with van der Waals surface area (Å²) in [6.45, 7) is 6.95. The first-order valence-corrected chi connectivity index (χ1v) is 10.1. The van der Waals surface area contributed by atoms with Crippen LogP contribution in [0.4, 0.5) is 5.95 Å². The first-order chi connectivity index (χ1) is 14.6. The zero-order valence-electron chi connectivity index (χ0n) is 17.9. The van der Waals surface area contributed by atoms with Crippen LogP contribution in [-0.4, -0.2) is 56.3 Å². The fraction of sp³-hybridized carbons (Fsp3) is 0.632. The predicted octanol–water partition coefficient (Wildman–Crippen LogP) is 0.0836. The number of esters is 2. The molecule has 5 N–H and O–H groups in total. The van der Waals surface area contributed by atoms with Crippen molar-refractivity contribution in [1.29, 1.82) is 0 Å². The zero-order chi connectivity index (χ0) is 22.9. The summed E-state index contributed by atoms with van der Waals surface area (Å²) < 4.78 is 18.4. The van der Waals surface area contributed by atoms with Crippen molar-refractivity contribution in [3.8, 4) is 0 Å². The molecule has 1 unspecified atom stereocenters. The van der Waals surface area contributed by atoms with E-state index in [-0.39, 0.29) is 42.0 Å². The van der Waals surface area contributed by atoms with Crippen LogP contribution in [0.1, 0.15) is 40.3 Å². The quantitative estimate of drug-likeness (QED) is 0.504. The summed E-state index contributed by atoms with van der Waals surface area (Å²) >= 11 is 0. The third kappa shape index (κ3) is 4.85. The Kier molecular flexibility index (Phi) is 6.60. The maximum atomic E-state index is 12.4. The summed E-state index contributed by atoms with van der Waals surface area (Å²) in [6.07, 6.45) is -0.500. The summed E-state index contributed by atoms with van der Waals surface area (Å²) in [5.41, 5.74) is 11.4. The van der Waals surface area contributed by atoms with Gasteiger partial charge in [-0.3, -0.25) is 23.9 Å². The molecule has 2 aromatic heterocycles. The number of H-pyrrole nitrogens is 1. The van der Waals surface area contributed by atoms with Gasteiger partial charge in [0.15, 0.2) is 11.2 Å². The van der Waals surface area contributed by atoms with E-state index in [1.165, 1.54) is 10.9 Å². The molecule has 1 saturated heterocycles. The molecule has 1 aliphatic heterocycles. The van der Waals surface area contributed by atoms with Crippen LogP contribution in [0, 0.1) is 11.8 Å². The summed E-state index contributed by atoms with van der Waals surface area (Å²) in [6, 6.07) is -0.799. The molecule has 3 rings (SSSR count). The number of aromatic amines is 1. The molecule has 12 heteroatoms. The molecular weight excluding hydrogens is 408 g/mol. The van der Waals surface area contributed by atoms with Crippen LogP contribution in [0.3, 0.4) is 0 Å². The summed E-state index contributed by atoms with van der Waals surface area (Å²) in [4.78, 5) is 47.0. The van der Waals surface area contributed by atoms with E-state index in [0.717, 1.165) is 0 Å². The van der Waals surface area contributed by atoms with Gasteiger partial charge in [-0.2, -0.15) is 4.98 Å². The van der Waals surface area contributed by atoms with E-state index in [1.807, 2.05) is 13.8 Å². The number of nitrogen functional groups attached to an aromatic ring is 1. The Bertz CT molecular complexity index is 1010. The third-order valence-corrected chi connectivity index (χ3v) is 5.06. The minimum absolute atomic E-state index is 0.0643. The topological polar surface area (TPSA) is 177 Å². The molecule has 2 aromatic rings. The average Bonchev–Trinajstić information content (AvgIpc) is 3.29. The van der Waals surface area contributed by atoms with Crippen molar-refractivity contribution in [2.75, 3.05) is 12.3 Å². The number of fused-ring (bicyclic) bond motifs is 1. The van der Waals surface area contributed by atoms with Crippen molar-refractivity contribution in [3.63, 3.8) is 0 Å². The molecule has 0 amide bonds. The average molecular weight is 436 g/mol. The highest BCUT2D eigenvalue weighted by Crippen LogP contribution is 2.33. The first kappa shape index (κ1) is 22.7. The van der Waals surface area contributed by atoms with Crippen molar-refractivity contribution in [1.82, 2.24) is 19.5 Å². The number of anilines is 1. The van der Waals surface area contributed by atoms with Crippen molar-refractivity contribution < 1.29 is 23.8 Å². The number of aromatic nitrogens is 4. The van der Waals surface area contributed by atoms with Gasteiger partial charge in [0.2, 0.25) is 5.95 Å². The standard InChI is InChI=1S/C19H28N6O6/c1-8(2)13(20)18(28)31-10-5-12(30-11(10)6-29-17(27)9(3)4)25-7-22-14-15(25)23-19(21)24-16(14)26/h7-13H,5-6,20H2,1-4H3,(H3,21,23,24,26)/t10-,11-,12-,13?/m1/s1. The second-order valence-electron chi connectivity index (χ2n) is 8.17. The maximum Gasteiger partial charge on any atom is 0.323 e. The fourth-order valence-corrected chi connectivity index (χ4v) is 3.13. The van der Waals surface area contributed by atoms with Crippen LogP contribution in [-0.2, 0) is 23.8 Å². The highest BCUT2D eigenvalue weighted by atomic mass is 16.6. The SMILES string of the molecule is CC(C)C(=O)OC[C@H]1O[C@@H](n2cnc3c(=O)[nH]c(N)nc32)C[C@H]1OC(=O)C(N)C(C)C. The molecule has 3 heterocycles. The lowest BCUT2D eigenvalue weighted by molar-refractivity contribution is -0.161. The molecule has 12 nitrogen and oxygen atoms in total. The van der Waals surface area contributed by atoms with Crippen molar-refractivity contribution in [2.45, 2.75) is 58.6 Å². The van der Waals surface area contributed by atoms with Crippen LogP contribution in [0.5, 0.6) is 0 Å². The second-order valence-corrected chi connectivity index (χ2v) is 8.17. The van der Waals surface area contributed by atoms with Gasteiger partial charge in [0, 0.05) is 6.42 Å². The van der Waals surface area contributed by atoms with Gasteiger partial charge in [0.1, 0.15) is 31.1 Å². The van der Waals surface area contributed by atoms with E-state index in [9.17, 15) is 14.4 Å².